The van der Waals surface area contributed by atoms with E-state index in [1.165, 1.54) is 76.5 Å². The molecule has 0 amide bonds. The van der Waals surface area contributed by atoms with E-state index in [0.717, 1.165) is 0 Å². The summed E-state index contributed by atoms with van der Waals surface area (Å²) in [5.41, 5.74) is 0. The molecule has 1 aromatic heterocycles. The maximum absolute atomic E-state index is 4.48. The summed E-state index contributed by atoms with van der Waals surface area (Å²) >= 11 is 0. The lowest BCUT2D eigenvalue weighted by molar-refractivity contribution is 0.462. The molecule has 116 valence electrons. The number of hydrogen-bond donors (Lipinski definition) is 0. The van der Waals surface area contributed by atoms with E-state index in [9.17, 15) is 0 Å². The summed E-state index contributed by atoms with van der Waals surface area (Å²) in [6.07, 6.45) is 16.4. The fraction of sp³-hybridized carbons (Fsp3) is 0.882. The van der Waals surface area contributed by atoms with E-state index in [0.29, 0.717) is 5.92 Å². The van der Waals surface area contributed by atoms with Gasteiger partial charge in [0.2, 0.25) is 0 Å². The second-order valence-corrected chi connectivity index (χ2v) is 5.99. The second kappa shape index (κ2) is 10.9. The SMILES string of the molecule is CCCCCCCC(CCCCCC)c1ncnn1C. The maximum atomic E-state index is 4.48. The van der Waals surface area contributed by atoms with Crippen molar-refractivity contribution in [2.75, 3.05) is 0 Å². The van der Waals surface area contributed by atoms with Crippen molar-refractivity contribution in [3.05, 3.63) is 12.2 Å². The third kappa shape index (κ3) is 6.53. The van der Waals surface area contributed by atoms with Gasteiger partial charge in [0, 0.05) is 13.0 Å². The van der Waals surface area contributed by atoms with E-state index in [1.807, 2.05) is 11.7 Å². The molecule has 0 bridgehead atoms. The number of rotatable bonds is 12. The molecule has 3 heteroatoms. The second-order valence-electron chi connectivity index (χ2n) is 5.99. The molecule has 20 heavy (non-hydrogen) atoms. The van der Waals surface area contributed by atoms with Crippen molar-refractivity contribution in [3.8, 4) is 0 Å². The predicted molar refractivity (Wildman–Crippen MR) is 85.9 cm³/mol. The number of aromatic nitrogens is 3. The smallest absolute Gasteiger partial charge is 0.138 e. The van der Waals surface area contributed by atoms with Crippen LogP contribution < -0.4 is 0 Å². The van der Waals surface area contributed by atoms with Gasteiger partial charge in [-0.3, -0.25) is 4.68 Å². The molecule has 0 saturated carbocycles. The van der Waals surface area contributed by atoms with Crippen molar-refractivity contribution in [2.45, 2.75) is 90.4 Å². The Labute approximate surface area is 125 Å². The zero-order chi connectivity index (χ0) is 14.6. The van der Waals surface area contributed by atoms with Gasteiger partial charge in [0.25, 0.3) is 0 Å². The standard InChI is InChI=1S/C17H33N3/c1-4-6-8-10-12-14-16(13-11-9-7-5-2)17-18-15-19-20(17)3/h15-16H,4-14H2,1-3H3. The van der Waals surface area contributed by atoms with Crippen LogP contribution in [0, 0.1) is 0 Å². The van der Waals surface area contributed by atoms with Crippen molar-refractivity contribution in [1.29, 1.82) is 0 Å². The van der Waals surface area contributed by atoms with E-state index in [2.05, 4.69) is 23.9 Å². The zero-order valence-corrected chi connectivity index (χ0v) is 13.8. The van der Waals surface area contributed by atoms with Gasteiger partial charge < -0.3 is 0 Å². The fourth-order valence-corrected chi connectivity index (χ4v) is 2.89. The van der Waals surface area contributed by atoms with Crippen LogP contribution in [0.25, 0.3) is 0 Å². The molecule has 0 aliphatic rings. The van der Waals surface area contributed by atoms with Gasteiger partial charge in [0.1, 0.15) is 12.2 Å². The van der Waals surface area contributed by atoms with E-state index < -0.39 is 0 Å². The summed E-state index contributed by atoms with van der Waals surface area (Å²) in [5.74, 6) is 1.80. The first-order valence-corrected chi connectivity index (χ1v) is 8.63. The Morgan fingerprint density at radius 1 is 0.900 bits per heavy atom. The number of nitrogens with zero attached hydrogens (tertiary/aromatic N) is 3. The molecular formula is C17H33N3. The molecule has 3 nitrogen and oxygen atoms in total. The molecule has 1 aromatic rings. The number of aryl methyl sites for hydroxylation is 1. The molecule has 1 heterocycles. The minimum Gasteiger partial charge on any atom is -0.253 e. The molecule has 0 aliphatic carbocycles. The first-order chi connectivity index (χ1) is 9.79. The van der Waals surface area contributed by atoms with E-state index in [4.69, 9.17) is 0 Å². The van der Waals surface area contributed by atoms with Gasteiger partial charge in [0.15, 0.2) is 0 Å². The van der Waals surface area contributed by atoms with Crippen LogP contribution in [0.2, 0.25) is 0 Å². The van der Waals surface area contributed by atoms with Crippen LogP contribution >= 0.6 is 0 Å². The van der Waals surface area contributed by atoms with E-state index >= 15 is 0 Å². The van der Waals surface area contributed by atoms with Gasteiger partial charge in [-0.25, -0.2) is 4.98 Å². The van der Waals surface area contributed by atoms with Gasteiger partial charge in [-0.15, -0.1) is 0 Å². The summed E-state index contributed by atoms with van der Waals surface area (Å²) in [4.78, 5) is 4.48. The molecule has 1 atom stereocenters. The van der Waals surface area contributed by atoms with Gasteiger partial charge in [-0.05, 0) is 12.8 Å². The van der Waals surface area contributed by atoms with Crippen LogP contribution in [0.15, 0.2) is 6.33 Å². The number of unbranched alkanes of at least 4 members (excludes halogenated alkanes) is 7. The largest absolute Gasteiger partial charge is 0.253 e. The highest BCUT2D eigenvalue weighted by atomic mass is 15.3. The Morgan fingerprint density at radius 3 is 1.95 bits per heavy atom. The molecule has 0 fully saturated rings. The number of hydrogen-bond acceptors (Lipinski definition) is 2. The summed E-state index contributed by atoms with van der Waals surface area (Å²) in [7, 11) is 2.03. The third-order valence-corrected chi connectivity index (χ3v) is 4.17. The van der Waals surface area contributed by atoms with Crippen LogP contribution in [-0.4, -0.2) is 14.8 Å². The first-order valence-electron chi connectivity index (χ1n) is 8.63. The molecule has 0 saturated heterocycles. The molecule has 1 unspecified atom stereocenters. The van der Waals surface area contributed by atoms with Crippen LogP contribution in [0.3, 0.4) is 0 Å². The van der Waals surface area contributed by atoms with Gasteiger partial charge in [-0.2, -0.15) is 5.10 Å². The monoisotopic (exact) mass is 279 g/mol. The Morgan fingerprint density at radius 2 is 1.45 bits per heavy atom. The van der Waals surface area contributed by atoms with Crippen molar-refractivity contribution in [2.24, 2.45) is 7.05 Å². The Hall–Kier alpha value is -0.860. The fourth-order valence-electron chi connectivity index (χ4n) is 2.89. The van der Waals surface area contributed by atoms with Crippen molar-refractivity contribution in [1.82, 2.24) is 14.8 Å². The Bertz CT molecular complexity index is 333. The van der Waals surface area contributed by atoms with Crippen LogP contribution in [0.5, 0.6) is 0 Å². The van der Waals surface area contributed by atoms with E-state index in [1.54, 1.807) is 6.33 Å². The Kier molecular flexibility index (Phi) is 9.35. The lowest BCUT2D eigenvalue weighted by Crippen LogP contribution is -2.08. The quantitative estimate of drug-likeness (QED) is 0.490. The van der Waals surface area contributed by atoms with Crippen LogP contribution in [0.4, 0.5) is 0 Å². The molecule has 0 spiro atoms. The first kappa shape index (κ1) is 17.2. The van der Waals surface area contributed by atoms with Crippen molar-refractivity contribution < 1.29 is 0 Å². The zero-order valence-electron chi connectivity index (χ0n) is 13.8. The Balaban J connectivity index is 2.37. The lowest BCUT2D eigenvalue weighted by Gasteiger charge is -2.16. The lowest BCUT2D eigenvalue weighted by atomic mass is 9.93. The van der Waals surface area contributed by atoms with Gasteiger partial charge >= 0.3 is 0 Å². The van der Waals surface area contributed by atoms with Gasteiger partial charge in [0.05, 0.1) is 0 Å². The van der Waals surface area contributed by atoms with Crippen molar-refractivity contribution >= 4 is 0 Å². The average molecular weight is 279 g/mol. The summed E-state index contributed by atoms with van der Waals surface area (Å²) < 4.78 is 1.97. The van der Waals surface area contributed by atoms with Crippen molar-refractivity contribution in [3.63, 3.8) is 0 Å². The highest BCUT2D eigenvalue weighted by Gasteiger charge is 2.15. The molecule has 0 aromatic carbocycles. The average Bonchev–Trinajstić information content (AvgIpc) is 2.87. The van der Waals surface area contributed by atoms with Crippen LogP contribution in [0.1, 0.15) is 96.2 Å². The summed E-state index contributed by atoms with van der Waals surface area (Å²) in [6, 6.07) is 0. The molecular weight excluding hydrogens is 246 g/mol. The van der Waals surface area contributed by atoms with E-state index in [-0.39, 0.29) is 0 Å². The molecule has 0 N–H and O–H groups in total. The highest BCUT2D eigenvalue weighted by molar-refractivity contribution is 4.95. The molecule has 1 rings (SSSR count). The van der Waals surface area contributed by atoms with Gasteiger partial charge in [-0.1, -0.05) is 71.6 Å². The normalized spacial score (nSPS) is 12.8. The summed E-state index contributed by atoms with van der Waals surface area (Å²) in [5, 5.41) is 4.25. The highest BCUT2D eigenvalue weighted by Crippen LogP contribution is 2.26. The predicted octanol–water partition coefficient (Wildman–Crippen LogP) is 5.23. The van der Waals surface area contributed by atoms with Crippen LogP contribution in [-0.2, 0) is 7.05 Å². The minimum atomic E-state index is 0.612. The topological polar surface area (TPSA) is 30.7 Å². The molecule has 0 radical (unpaired) electrons. The summed E-state index contributed by atoms with van der Waals surface area (Å²) in [6.45, 7) is 4.55. The molecule has 0 aliphatic heterocycles. The minimum absolute atomic E-state index is 0.612. The maximum Gasteiger partial charge on any atom is 0.138 e. The third-order valence-electron chi connectivity index (χ3n) is 4.17.